The number of ketones is 1. The van der Waals surface area contributed by atoms with Crippen molar-refractivity contribution < 1.29 is 63.6 Å². The number of hydrogen-bond donors (Lipinski definition) is 8. The molecule has 1 fully saturated rings. The molecule has 0 aliphatic heterocycles. The van der Waals surface area contributed by atoms with Gasteiger partial charge in [0.25, 0.3) is 0 Å². The Bertz CT molecular complexity index is 1430. The van der Waals surface area contributed by atoms with E-state index in [-0.39, 0.29) is 55.6 Å². The first-order valence-corrected chi connectivity index (χ1v) is 23.6. The Hall–Kier alpha value is -4.57. The normalized spacial score (nSPS) is 16.3. The van der Waals surface area contributed by atoms with Crippen molar-refractivity contribution in [3.8, 4) is 0 Å². The van der Waals surface area contributed by atoms with Gasteiger partial charge in [-0.1, -0.05) is 104 Å². The maximum absolute atomic E-state index is 13.0. The van der Waals surface area contributed by atoms with E-state index >= 15 is 0 Å². The second-order valence-electron chi connectivity index (χ2n) is 17.6. The Balaban J connectivity index is 2.23. The summed E-state index contributed by atoms with van der Waals surface area (Å²) in [6.07, 6.45) is 19.9. The fourth-order valence-corrected chi connectivity index (χ4v) is 7.73. The standard InChI is InChI=1S/C46H78N4O13/c1-32(2)38(51)28-25-35(44(58)59)48-40(53)29-26-36(45(60)61)49-41(54)30-27-37(46(62)63)50-43(57)34-23-21-33(22-24-34)31-47-39(52)19-17-15-13-11-9-7-5-3-4-6-8-10-12-14-16-18-20-42(55)56/h32-37H,3-31H2,1-2H3,(H,47,52)(H,48,53)(H,49,54)(H,50,57)(H,55,56)(H,58,59)(H,60,61)(H,62,63)/t33?,34?,35-,36-,37-/m0/s1. The van der Waals surface area contributed by atoms with Crippen LogP contribution < -0.4 is 21.3 Å². The molecule has 0 heterocycles. The molecule has 1 aliphatic rings. The molecule has 1 rings (SSSR count). The fraction of sp³-hybridized carbons (Fsp3) is 0.804. The molecule has 0 saturated heterocycles. The topological polar surface area (TPSA) is 283 Å². The molecule has 0 aromatic heterocycles. The van der Waals surface area contributed by atoms with Crippen LogP contribution in [0.5, 0.6) is 0 Å². The van der Waals surface area contributed by atoms with Gasteiger partial charge in [0.05, 0.1) is 0 Å². The molecule has 0 spiro atoms. The highest BCUT2D eigenvalue weighted by atomic mass is 16.4. The molecule has 63 heavy (non-hydrogen) atoms. The van der Waals surface area contributed by atoms with Crippen molar-refractivity contribution >= 4 is 53.3 Å². The Morgan fingerprint density at radius 2 is 0.810 bits per heavy atom. The van der Waals surface area contributed by atoms with Crippen LogP contribution in [-0.4, -0.2) is 98.4 Å². The lowest BCUT2D eigenvalue weighted by molar-refractivity contribution is -0.144. The summed E-state index contributed by atoms with van der Waals surface area (Å²) in [7, 11) is 0. The Morgan fingerprint density at radius 3 is 1.19 bits per heavy atom. The molecule has 0 aromatic rings. The number of rotatable bonds is 38. The number of Topliss-reactive ketones (excluding diaryl/α,β-unsaturated/α-hetero) is 1. The predicted octanol–water partition coefficient (Wildman–Crippen LogP) is 6.29. The first-order valence-electron chi connectivity index (χ1n) is 23.6. The monoisotopic (exact) mass is 895 g/mol. The van der Waals surface area contributed by atoms with E-state index in [1.54, 1.807) is 13.8 Å². The van der Waals surface area contributed by atoms with Crippen LogP contribution in [0.2, 0.25) is 0 Å². The first kappa shape index (κ1) is 56.4. The number of carboxylic acids is 4. The lowest BCUT2D eigenvalue weighted by Crippen LogP contribution is -2.46. The SMILES string of the molecule is CC(C)C(=O)CC[C@H](NC(=O)CC[C@H](NC(=O)CC[C@H](NC(=O)C1CCC(CNC(=O)CCCCCCCCCCCCCCCCCCC(=O)O)CC1)C(=O)O)C(=O)O)C(=O)O. The van der Waals surface area contributed by atoms with Crippen LogP contribution in [0.3, 0.4) is 0 Å². The molecule has 0 radical (unpaired) electrons. The van der Waals surface area contributed by atoms with Crippen molar-refractivity contribution in [3.63, 3.8) is 0 Å². The molecule has 8 N–H and O–H groups in total. The van der Waals surface area contributed by atoms with E-state index in [1.807, 2.05) is 0 Å². The molecule has 4 amide bonds. The zero-order chi connectivity index (χ0) is 47.0. The van der Waals surface area contributed by atoms with Crippen molar-refractivity contribution in [2.24, 2.45) is 17.8 Å². The van der Waals surface area contributed by atoms with Crippen molar-refractivity contribution in [1.29, 1.82) is 0 Å². The van der Waals surface area contributed by atoms with Crippen LogP contribution in [0.4, 0.5) is 0 Å². The third kappa shape index (κ3) is 28.7. The van der Waals surface area contributed by atoms with Crippen LogP contribution in [0.15, 0.2) is 0 Å². The first-order chi connectivity index (χ1) is 30.0. The average Bonchev–Trinajstić information content (AvgIpc) is 3.23. The second-order valence-corrected chi connectivity index (χ2v) is 17.6. The minimum Gasteiger partial charge on any atom is -0.481 e. The molecule has 0 aromatic carbocycles. The molecule has 360 valence electrons. The minimum absolute atomic E-state index is 0.0259. The van der Waals surface area contributed by atoms with Gasteiger partial charge in [-0.3, -0.25) is 28.8 Å². The summed E-state index contributed by atoms with van der Waals surface area (Å²) in [5, 5.41) is 47.4. The number of unbranched alkanes of at least 4 members (excludes halogenated alkanes) is 15. The summed E-state index contributed by atoms with van der Waals surface area (Å²) in [5.74, 6) is -7.52. The summed E-state index contributed by atoms with van der Waals surface area (Å²) in [5.41, 5.74) is 0. The number of carbonyl (C=O) groups is 9. The van der Waals surface area contributed by atoms with Crippen molar-refractivity contribution in [2.45, 2.75) is 212 Å². The van der Waals surface area contributed by atoms with Crippen molar-refractivity contribution in [3.05, 3.63) is 0 Å². The van der Waals surface area contributed by atoms with Gasteiger partial charge in [-0.25, -0.2) is 14.4 Å². The van der Waals surface area contributed by atoms with E-state index in [2.05, 4.69) is 21.3 Å². The highest BCUT2D eigenvalue weighted by Gasteiger charge is 2.31. The Kier molecular flexibility index (Phi) is 30.4. The number of amides is 4. The van der Waals surface area contributed by atoms with Crippen molar-refractivity contribution in [1.82, 2.24) is 21.3 Å². The summed E-state index contributed by atoms with van der Waals surface area (Å²) in [4.78, 5) is 108. The molecular formula is C46H78N4O13. The quantitative estimate of drug-likeness (QED) is 0.0317. The van der Waals surface area contributed by atoms with E-state index < -0.39 is 78.5 Å². The van der Waals surface area contributed by atoms with Gasteiger partial charge in [0.15, 0.2) is 0 Å². The highest BCUT2D eigenvalue weighted by molar-refractivity contribution is 5.88. The van der Waals surface area contributed by atoms with Gasteiger partial charge in [0, 0.05) is 50.5 Å². The van der Waals surface area contributed by atoms with Gasteiger partial charge in [0.2, 0.25) is 23.6 Å². The van der Waals surface area contributed by atoms with E-state index in [4.69, 9.17) is 5.11 Å². The van der Waals surface area contributed by atoms with Crippen molar-refractivity contribution in [2.75, 3.05) is 6.54 Å². The molecule has 0 bridgehead atoms. The number of nitrogens with one attached hydrogen (secondary N) is 4. The van der Waals surface area contributed by atoms with Gasteiger partial charge in [-0.2, -0.15) is 0 Å². The third-order valence-corrected chi connectivity index (χ3v) is 11.9. The number of carboxylic acid groups (broad SMARTS) is 4. The van der Waals surface area contributed by atoms with E-state index in [1.165, 1.54) is 64.2 Å². The molecule has 1 aliphatic carbocycles. The largest absolute Gasteiger partial charge is 0.481 e. The van der Waals surface area contributed by atoms with Gasteiger partial charge in [-0.15, -0.1) is 0 Å². The van der Waals surface area contributed by atoms with Crippen LogP contribution in [-0.2, 0) is 43.2 Å². The van der Waals surface area contributed by atoms with Gasteiger partial charge in [-0.05, 0) is 63.7 Å². The molecular weight excluding hydrogens is 817 g/mol. The van der Waals surface area contributed by atoms with E-state index in [9.17, 15) is 58.5 Å². The molecule has 17 heteroatoms. The lowest BCUT2D eigenvalue weighted by atomic mass is 9.81. The number of hydrogen-bond acceptors (Lipinski definition) is 9. The molecule has 0 unspecified atom stereocenters. The number of carbonyl (C=O) groups excluding carboxylic acids is 5. The summed E-state index contributed by atoms with van der Waals surface area (Å²) >= 11 is 0. The Morgan fingerprint density at radius 1 is 0.444 bits per heavy atom. The molecule has 17 nitrogen and oxygen atoms in total. The fourth-order valence-electron chi connectivity index (χ4n) is 7.73. The van der Waals surface area contributed by atoms with E-state index in [0.717, 1.165) is 38.5 Å². The smallest absolute Gasteiger partial charge is 0.326 e. The zero-order valence-corrected chi connectivity index (χ0v) is 37.9. The third-order valence-electron chi connectivity index (χ3n) is 11.9. The average molecular weight is 895 g/mol. The maximum atomic E-state index is 13.0. The van der Waals surface area contributed by atoms with Crippen LogP contribution >= 0.6 is 0 Å². The van der Waals surface area contributed by atoms with Crippen LogP contribution in [0.25, 0.3) is 0 Å². The Labute approximate surface area is 373 Å². The molecule has 1 saturated carbocycles. The lowest BCUT2D eigenvalue weighted by Gasteiger charge is -2.28. The second kappa shape index (κ2) is 33.9. The zero-order valence-electron chi connectivity index (χ0n) is 37.9. The van der Waals surface area contributed by atoms with Gasteiger partial charge < -0.3 is 41.7 Å². The maximum Gasteiger partial charge on any atom is 0.326 e. The van der Waals surface area contributed by atoms with Crippen LogP contribution in [0, 0.1) is 17.8 Å². The van der Waals surface area contributed by atoms with Gasteiger partial charge in [0.1, 0.15) is 23.9 Å². The summed E-state index contributed by atoms with van der Waals surface area (Å²) < 4.78 is 0. The van der Waals surface area contributed by atoms with Gasteiger partial charge >= 0.3 is 23.9 Å². The van der Waals surface area contributed by atoms with Crippen LogP contribution in [0.1, 0.15) is 194 Å². The molecule has 3 atom stereocenters. The minimum atomic E-state index is -1.52. The highest BCUT2D eigenvalue weighted by Crippen LogP contribution is 2.29. The number of aliphatic carboxylic acids is 4. The summed E-state index contributed by atoms with van der Waals surface area (Å²) in [6, 6.07) is -4.26. The summed E-state index contributed by atoms with van der Waals surface area (Å²) in [6.45, 7) is 3.87. The van der Waals surface area contributed by atoms with E-state index in [0.29, 0.717) is 38.6 Å². The predicted molar refractivity (Wildman–Crippen MR) is 235 cm³/mol.